The molecule has 7 nitrogen and oxygen atoms in total. The van der Waals surface area contributed by atoms with E-state index < -0.39 is 34.2 Å². The largest absolute Gasteiger partial charge is 0.464 e. The number of halogens is 3. The van der Waals surface area contributed by atoms with Crippen LogP contribution in [0, 0.1) is 27.6 Å². The maximum atomic E-state index is 13.2. The van der Waals surface area contributed by atoms with Gasteiger partial charge in [0.25, 0.3) is 0 Å². The summed E-state index contributed by atoms with van der Waals surface area (Å²) in [5.41, 5.74) is -0.348. The third-order valence-electron chi connectivity index (χ3n) is 2.72. The van der Waals surface area contributed by atoms with E-state index in [1.165, 1.54) is 0 Å². The summed E-state index contributed by atoms with van der Waals surface area (Å²) in [6, 6.07) is 2.27. The lowest BCUT2D eigenvalue weighted by molar-refractivity contribution is -0.389. The number of carbonyl (C=O) groups excluding carboxylic acids is 1. The van der Waals surface area contributed by atoms with Crippen LogP contribution in [0.4, 0.5) is 19.0 Å². The molecule has 0 bridgehead atoms. The average Bonchev–Trinajstić information content (AvgIpc) is 2.88. The van der Waals surface area contributed by atoms with Crippen LogP contribution < -0.4 is 0 Å². The van der Waals surface area contributed by atoms with Crippen LogP contribution in [0.1, 0.15) is 16.1 Å². The van der Waals surface area contributed by atoms with Crippen molar-refractivity contribution in [1.82, 2.24) is 9.78 Å². The minimum atomic E-state index is -1.64. The van der Waals surface area contributed by atoms with Gasteiger partial charge in [0.2, 0.25) is 0 Å². The predicted octanol–water partition coefficient (Wildman–Crippen LogP) is 2.04. The van der Waals surface area contributed by atoms with Gasteiger partial charge in [-0.15, -0.1) is 0 Å². The first-order chi connectivity index (χ1) is 10.3. The third kappa shape index (κ3) is 2.90. The molecule has 1 aromatic heterocycles. The molecule has 0 aliphatic heterocycles. The molecule has 0 aliphatic carbocycles. The van der Waals surface area contributed by atoms with Crippen molar-refractivity contribution in [3.8, 4) is 0 Å². The Hall–Kier alpha value is -2.91. The molecule has 0 fully saturated rings. The summed E-state index contributed by atoms with van der Waals surface area (Å²) in [7, 11) is 1.06. The highest BCUT2D eigenvalue weighted by molar-refractivity contribution is 5.88. The highest BCUT2D eigenvalue weighted by Gasteiger charge is 2.24. The molecule has 0 radical (unpaired) electrons. The van der Waals surface area contributed by atoms with Gasteiger partial charge < -0.3 is 14.9 Å². The molecule has 10 heteroatoms. The zero-order valence-corrected chi connectivity index (χ0v) is 11.0. The second-order valence-electron chi connectivity index (χ2n) is 4.17. The number of carbonyl (C=O) groups is 1. The molecule has 0 amide bonds. The summed E-state index contributed by atoms with van der Waals surface area (Å²) in [6.45, 7) is -0.383. The lowest BCUT2D eigenvalue weighted by Gasteiger charge is -2.04. The normalized spacial score (nSPS) is 10.5. The van der Waals surface area contributed by atoms with E-state index in [1.54, 1.807) is 0 Å². The Kier molecular flexibility index (Phi) is 4.11. The summed E-state index contributed by atoms with van der Waals surface area (Å²) in [4.78, 5) is 21.4. The maximum absolute atomic E-state index is 13.2. The van der Waals surface area contributed by atoms with E-state index in [2.05, 4.69) is 9.84 Å². The van der Waals surface area contributed by atoms with Crippen LogP contribution in [-0.2, 0) is 11.3 Å². The SMILES string of the molecule is COC(=O)c1cc([N+](=O)[O-])nn1Cc1cc(F)c(F)c(F)c1. The van der Waals surface area contributed by atoms with Gasteiger partial charge in [0.05, 0.1) is 24.8 Å². The Bertz CT molecular complexity index is 737. The predicted molar refractivity (Wildman–Crippen MR) is 65.6 cm³/mol. The van der Waals surface area contributed by atoms with Gasteiger partial charge in [0.15, 0.2) is 23.1 Å². The van der Waals surface area contributed by atoms with Gasteiger partial charge in [-0.1, -0.05) is 0 Å². The molecule has 0 spiro atoms. The van der Waals surface area contributed by atoms with Crippen molar-refractivity contribution in [2.24, 2.45) is 0 Å². The van der Waals surface area contributed by atoms with Crippen LogP contribution in [0.3, 0.4) is 0 Å². The second kappa shape index (κ2) is 5.84. The molecule has 0 saturated heterocycles. The fourth-order valence-corrected chi connectivity index (χ4v) is 1.75. The van der Waals surface area contributed by atoms with Crippen molar-refractivity contribution in [1.29, 1.82) is 0 Å². The van der Waals surface area contributed by atoms with E-state index in [0.717, 1.165) is 17.9 Å². The first-order valence-electron chi connectivity index (χ1n) is 5.77. The van der Waals surface area contributed by atoms with Crippen LogP contribution in [-0.4, -0.2) is 27.8 Å². The Morgan fingerprint density at radius 1 is 1.32 bits per heavy atom. The first kappa shape index (κ1) is 15.5. The number of esters is 1. The zero-order chi connectivity index (χ0) is 16.4. The molecule has 2 aromatic rings. The van der Waals surface area contributed by atoms with E-state index >= 15 is 0 Å². The molecular weight excluding hydrogens is 307 g/mol. The summed E-state index contributed by atoms with van der Waals surface area (Å²) in [6.07, 6.45) is 0. The second-order valence-corrected chi connectivity index (χ2v) is 4.17. The summed E-state index contributed by atoms with van der Waals surface area (Å²) < 4.78 is 44.5. The Morgan fingerprint density at radius 2 is 1.91 bits per heavy atom. The molecule has 0 N–H and O–H groups in total. The van der Waals surface area contributed by atoms with Gasteiger partial charge in [-0.05, 0) is 22.6 Å². The molecule has 0 atom stereocenters. The van der Waals surface area contributed by atoms with Crippen LogP contribution in [0.2, 0.25) is 0 Å². The Balaban J connectivity index is 2.44. The van der Waals surface area contributed by atoms with Crippen molar-refractivity contribution in [2.45, 2.75) is 6.54 Å². The van der Waals surface area contributed by atoms with Gasteiger partial charge in [-0.3, -0.25) is 0 Å². The molecule has 0 aliphatic rings. The topological polar surface area (TPSA) is 87.3 Å². The summed E-state index contributed by atoms with van der Waals surface area (Å²) >= 11 is 0. The molecular formula is C12H8F3N3O4. The standard InChI is InChI=1S/C12H8F3N3O4/c1-22-12(19)9-4-10(18(20)21)16-17(9)5-6-2-7(13)11(15)8(14)3-6/h2-4H,5H2,1H3. The van der Waals surface area contributed by atoms with E-state index in [1.807, 2.05) is 0 Å². The van der Waals surface area contributed by atoms with Crippen LogP contribution in [0.25, 0.3) is 0 Å². The first-order valence-corrected chi connectivity index (χ1v) is 5.77. The number of ether oxygens (including phenoxy) is 1. The zero-order valence-electron chi connectivity index (χ0n) is 11.0. The smallest absolute Gasteiger partial charge is 0.390 e. The fourth-order valence-electron chi connectivity index (χ4n) is 1.75. The quantitative estimate of drug-likeness (QED) is 0.373. The molecule has 2 rings (SSSR count). The number of benzene rings is 1. The van der Waals surface area contributed by atoms with Crippen LogP contribution in [0.15, 0.2) is 18.2 Å². The lowest BCUT2D eigenvalue weighted by atomic mass is 10.2. The third-order valence-corrected chi connectivity index (χ3v) is 2.72. The monoisotopic (exact) mass is 315 g/mol. The number of nitrogens with zero attached hydrogens (tertiary/aromatic N) is 3. The average molecular weight is 315 g/mol. The highest BCUT2D eigenvalue weighted by atomic mass is 19.2. The van der Waals surface area contributed by atoms with Crippen LogP contribution in [0.5, 0.6) is 0 Å². The van der Waals surface area contributed by atoms with Crippen molar-refractivity contribution >= 4 is 11.8 Å². The van der Waals surface area contributed by atoms with Crippen molar-refractivity contribution in [3.05, 3.63) is 57.0 Å². The number of nitro groups is 1. The molecule has 1 aromatic carbocycles. The molecule has 0 saturated carbocycles. The molecule has 116 valence electrons. The van der Waals surface area contributed by atoms with E-state index in [4.69, 9.17) is 0 Å². The molecule has 0 unspecified atom stereocenters. The number of hydrogen-bond acceptors (Lipinski definition) is 5. The number of methoxy groups -OCH3 is 1. The number of hydrogen-bond donors (Lipinski definition) is 0. The van der Waals surface area contributed by atoms with Crippen molar-refractivity contribution in [2.75, 3.05) is 7.11 Å². The number of aromatic nitrogens is 2. The minimum Gasteiger partial charge on any atom is -0.464 e. The van der Waals surface area contributed by atoms with E-state index in [0.29, 0.717) is 12.1 Å². The molecule has 22 heavy (non-hydrogen) atoms. The van der Waals surface area contributed by atoms with Gasteiger partial charge in [-0.2, -0.15) is 4.68 Å². The Labute approximate surface area is 121 Å². The molecule has 1 heterocycles. The van der Waals surface area contributed by atoms with Crippen molar-refractivity contribution < 1.29 is 27.6 Å². The summed E-state index contributed by atoms with van der Waals surface area (Å²) in [5.74, 6) is -6.02. The fraction of sp³-hybridized carbons (Fsp3) is 0.167. The van der Waals surface area contributed by atoms with Crippen molar-refractivity contribution in [3.63, 3.8) is 0 Å². The van der Waals surface area contributed by atoms with E-state index in [-0.39, 0.29) is 17.8 Å². The highest BCUT2D eigenvalue weighted by Crippen LogP contribution is 2.18. The van der Waals surface area contributed by atoms with Gasteiger partial charge >= 0.3 is 11.8 Å². The van der Waals surface area contributed by atoms with Gasteiger partial charge in [-0.25, -0.2) is 18.0 Å². The van der Waals surface area contributed by atoms with E-state index in [9.17, 15) is 28.1 Å². The number of rotatable bonds is 4. The maximum Gasteiger partial charge on any atom is 0.390 e. The Morgan fingerprint density at radius 3 is 2.41 bits per heavy atom. The lowest BCUT2D eigenvalue weighted by Crippen LogP contribution is -2.13. The summed E-state index contributed by atoms with van der Waals surface area (Å²) in [5, 5.41) is 14.2. The van der Waals surface area contributed by atoms with Gasteiger partial charge in [0, 0.05) is 0 Å². The minimum absolute atomic E-state index is 0.0699. The van der Waals surface area contributed by atoms with Gasteiger partial charge in [0.1, 0.15) is 0 Å². The van der Waals surface area contributed by atoms with Crippen LogP contribution >= 0.6 is 0 Å².